The van der Waals surface area contributed by atoms with Gasteiger partial charge in [-0.25, -0.2) is 9.63 Å². The third kappa shape index (κ3) is 2.77. The maximum absolute atomic E-state index is 11.4. The minimum atomic E-state index is -0.348. The van der Waals surface area contributed by atoms with Crippen LogP contribution in [0.25, 0.3) is 0 Å². The highest BCUT2D eigenvalue weighted by Gasteiger charge is 2.16. The fourth-order valence-electron chi connectivity index (χ4n) is 1.27. The van der Waals surface area contributed by atoms with Gasteiger partial charge in [-0.2, -0.15) is 5.48 Å². The van der Waals surface area contributed by atoms with Crippen LogP contribution in [0.5, 0.6) is 0 Å². The number of halogens is 1. The van der Waals surface area contributed by atoms with E-state index < -0.39 is 0 Å². The first-order valence-electron chi connectivity index (χ1n) is 4.34. The smallest absolute Gasteiger partial charge is 0.338 e. The van der Waals surface area contributed by atoms with Crippen molar-refractivity contribution < 1.29 is 19.8 Å². The largest absolute Gasteiger partial charge is 0.465 e. The molecular formula is C10H13BrNO3+. The molecule has 0 aliphatic heterocycles. The van der Waals surface area contributed by atoms with Gasteiger partial charge in [-0.1, -0.05) is 15.9 Å². The van der Waals surface area contributed by atoms with Gasteiger partial charge in [0.25, 0.3) is 0 Å². The number of quaternary nitrogens is 1. The zero-order chi connectivity index (χ0) is 11.4. The number of hydrogen-bond donors (Lipinski definition) is 1. The molecule has 1 aromatic carbocycles. The van der Waals surface area contributed by atoms with Crippen LogP contribution in [0.15, 0.2) is 16.6 Å². The Bertz CT molecular complexity index is 379. The van der Waals surface area contributed by atoms with Gasteiger partial charge < -0.3 is 4.74 Å². The van der Waals surface area contributed by atoms with Crippen LogP contribution in [0.2, 0.25) is 0 Å². The molecule has 0 aromatic heterocycles. The Labute approximate surface area is 96.7 Å². The quantitative estimate of drug-likeness (QED) is 0.514. The lowest BCUT2D eigenvalue weighted by Gasteiger charge is -2.07. The van der Waals surface area contributed by atoms with Gasteiger partial charge in [-0.05, 0) is 13.0 Å². The van der Waals surface area contributed by atoms with Crippen molar-refractivity contribution in [2.24, 2.45) is 0 Å². The van der Waals surface area contributed by atoms with Crippen molar-refractivity contribution in [3.63, 3.8) is 0 Å². The highest BCUT2D eigenvalue weighted by Crippen LogP contribution is 2.22. The molecule has 0 unspecified atom stereocenters. The number of benzene rings is 1. The maximum atomic E-state index is 11.4. The first kappa shape index (κ1) is 12.2. The third-order valence-corrected chi connectivity index (χ3v) is 2.52. The number of esters is 1. The lowest BCUT2D eigenvalue weighted by molar-refractivity contribution is -0.830. The van der Waals surface area contributed by atoms with E-state index >= 15 is 0 Å². The zero-order valence-corrected chi connectivity index (χ0v) is 10.4. The fourth-order valence-corrected chi connectivity index (χ4v) is 1.75. The number of ether oxygens (including phenoxy) is 1. The molecule has 0 saturated heterocycles. The zero-order valence-electron chi connectivity index (χ0n) is 8.83. The van der Waals surface area contributed by atoms with Crippen molar-refractivity contribution in [1.29, 1.82) is 0 Å². The normalized spacial score (nSPS) is 10.1. The number of carbonyl (C=O) groups excluding carboxylic acids is 1. The summed E-state index contributed by atoms with van der Waals surface area (Å²) in [5, 5.41) is 0. The third-order valence-electron chi connectivity index (χ3n) is 2.06. The van der Waals surface area contributed by atoms with E-state index in [-0.39, 0.29) is 5.97 Å². The van der Waals surface area contributed by atoms with Crippen molar-refractivity contribution >= 4 is 27.6 Å². The Morgan fingerprint density at radius 1 is 1.40 bits per heavy atom. The van der Waals surface area contributed by atoms with E-state index in [1.165, 1.54) is 7.11 Å². The van der Waals surface area contributed by atoms with E-state index in [4.69, 9.17) is 9.57 Å². The molecule has 0 heterocycles. The highest BCUT2D eigenvalue weighted by molar-refractivity contribution is 9.10. The Balaban J connectivity index is 3.21. The molecule has 0 amide bonds. The average molecular weight is 275 g/mol. The van der Waals surface area contributed by atoms with E-state index in [0.717, 1.165) is 15.7 Å². The predicted molar refractivity (Wildman–Crippen MR) is 58.8 cm³/mol. The number of methoxy groups -OCH3 is 1. The van der Waals surface area contributed by atoms with E-state index in [9.17, 15) is 4.79 Å². The molecule has 4 nitrogen and oxygen atoms in total. The topological polar surface area (TPSA) is 52.1 Å². The Kier molecular flexibility index (Phi) is 4.26. The fraction of sp³-hybridized carbons (Fsp3) is 0.300. The molecule has 2 N–H and O–H groups in total. The second kappa shape index (κ2) is 5.25. The van der Waals surface area contributed by atoms with Crippen molar-refractivity contribution in [3.8, 4) is 0 Å². The standard InChI is InChI=1S/C10H12BrNO3/c1-6-8(10(13)14-2)4-7(11)5-9(6)12-15-3/h4-5,12H,1-3H3/p+1. The molecule has 0 saturated carbocycles. The summed E-state index contributed by atoms with van der Waals surface area (Å²) in [5.41, 5.74) is 3.82. The summed E-state index contributed by atoms with van der Waals surface area (Å²) < 4.78 is 5.51. The lowest BCUT2D eigenvalue weighted by Crippen LogP contribution is -2.76. The Hall–Kier alpha value is -0.910. The monoisotopic (exact) mass is 274 g/mol. The van der Waals surface area contributed by atoms with Crippen LogP contribution in [-0.2, 0) is 9.57 Å². The maximum Gasteiger partial charge on any atom is 0.338 e. The molecule has 0 aliphatic rings. The van der Waals surface area contributed by atoms with Crippen LogP contribution in [0.4, 0.5) is 5.69 Å². The Morgan fingerprint density at radius 3 is 2.60 bits per heavy atom. The summed E-state index contributed by atoms with van der Waals surface area (Å²) in [7, 11) is 2.93. The van der Waals surface area contributed by atoms with Crippen LogP contribution in [0.3, 0.4) is 0 Å². The summed E-state index contributed by atoms with van der Waals surface area (Å²) in [6.07, 6.45) is 0. The molecule has 0 radical (unpaired) electrons. The molecule has 0 aliphatic carbocycles. The van der Waals surface area contributed by atoms with Gasteiger partial charge in [-0.15, -0.1) is 0 Å². The summed E-state index contributed by atoms with van der Waals surface area (Å²) in [6.45, 7) is 1.85. The van der Waals surface area contributed by atoms with Gasteiger partial charge in [0.15, 0.2) is 5.69 Å². The first-order chi connectivity index (χ1) is 7.10. The molecule has 5 heteroatoms. The van der Waals surface area contributed by atoms with Crippen LogP contribution in [-0.4, -0.2) is 20.2 Å². The SMILES string of the molecule is CO[NH2+]c1cc(Br)cc(C(=O)OC)c1C. The number of rotatable bonds is 3. The minimum Gasteiger partial charge on any atom is -0.465 e. The number of nitrogens with two attached hydrogens (primary N) is 1. The molecule has 1 aromatic rings. The summed E-state index contributed by atoms with van der Waals surface area (Å²) in [6, 6.07) is 3.61. The molecule has 82 valence electrons. The number of carbonyl (C=O) groups is 1. The van der Waals surface area contributed by atoms with E-state index in [1.54, 1.807) is 18.7 Å². The second-order valence-corrected chi connectivity index (χ2v) is 3.93. The molecule has 0 fully saturated rings. The van der Waals surface area contributed by atoms with Crippen LogP contribution >= 0.6 is 15.9 Å². The minimum absolute atomic E-state index is 0.348. The van der Waals surface area contributed by atoms with Crippen molar-refractivity contribution in [3.05, 3.63) is 27.7 Å². The summed E-state index contributed by atoms with van der Waals surface area (Å²) >= 11 is 3.33. The molecule has 1 rings (SSSR count). The highest BCUT2D eigenvalue weighted by atomic mass is 79.9. The molecular weight excluding hydrogens is 262 g/mol. The Morgan fingerprint density at radius 2 is 2.07 bits per heavy atom. The average Bonchev–Trinajstić information content (AvgIpc) is 2.22. The lowest BCUT2D eigenvalue weighted by atomic mass is 10.1. The van der Waals surface area contributed by atoms with Gasteiger partial charge in [0.2, 0.25) is 0 Å². The predicted octanol–water partition coefficient (Wildman–Crippen LogP) is 1.30. The van der Waals surface area contributed by atoms with E-state index in [1.807, 2.05) is 13.0 Å². The summed E-state index contributed by atoms with van der Waals surface area (Å²) in [4.78, 5) is 16.4. The van der Waals surface area contributed by atoms with E-state index in [0.29, 0.717) is 5.56 Å². The molecule has 0 spiro atoms. The van der Waals surface area contributed by atoms with Gasteiger partial charge in [0, 0.05) is 16.1 Å². The first-order valence-corrected chi connectivity index (χ1v) is 5.14. The van der Waals surface area contributed by atoms with Gasteiger partial charge in [0.05, 0.1) is 19.8 Å². The van der Waals surface area contributed by atoms with Gasteiger partial charge in [-0.3, -0.25) is 0 Å². The van der Waals surface area contributed by atoms with E-state index in [2.05, 4.69) is 15.9 Å². The van der Waals surface area contributed by atoms with Crippen molar-refractivity contribution in [2.75, 3.05) is 14.2 Å². The van der Waals surface area contributed by atoms with Crippen LogP contribution in [0, 0.1) is 6.92 Å². The van der Waals surface area contributed by atoms with Crippen molar-refractivity contribution in [1.82, 2.24) is 0 Å². The molecule has 0 bridgehead atoms. The van der Waals surface area contributed by atoms with Crippen LogP contribution in [0.1, 0.15) is 15.9 Å². The van der Waals surface area contributed by atoms with Crippen molar-refractivity contribution in [2.45, 2.75) is 6.92 Å². The number of hydrogen-bond acceptors (Lipinski definition) is 3. The second-order valence-electron chi connectivity index (χ2n) is 3.01. The molecule has 15 heavy (non-hydrogen) atoms. The summed E-state index contributed by atoms with van der Waals surface area (Å²) in [5.74, 6) is -0.348. The van der Waals surface area contributed by atoms with Crippen LogP contribution < -0.4 is 5.48 Å². The van der Waals surface area contributed by atoms with Gasteiger partial charge in [0.1, 0.15) is 0 Å². The van der Waals surface area contributed by atoms with Gasteiger partial charge >= 0.3 is 5.97 Å². The molecule has 0 atom stereocenters.